The fraction of sp³-hybridized carbons (Fsp3) is 0.136. The first kappa shape index (κ1) is 19.7. The molecule has 0 unspecified atom stereocenters. The average Bonchev–Trinajstić information content (AvgIpc) is 3.34. The van der Waals surface area contributed by atoms with Crippen LogP contribution in [0.15, 0.2) is 48.8 Å². The Balaban J connectivity index is 1.74. The number of aryl methyl sites for hydroxylation is 1. The van der Waals surface area contributed by atoms with Gasteiger partial charge in [0, 0.05) is 11.3 Å². The molecule has 0 spiro atoms. The zero-order valence-electron chi connectivity index (χ0n) is 16.6. The average molecular weight is 423 g/mol. The molecule has 2 heterocycles. The predicted molar refractivity (Wildman–Crippen MR) is 115 cm³/mol. The van der Waals surface area contributed by atoms with E-state index >= 15 is 0 Å². The Labute approximate surface area is 177 Å². The van der Waals surface area contributed by atoms with Crippen LogP contribution in [0.2, 0.25) is 5.02 Å². The summed E-state index contributed by atoms with van der Waals surface area (Å²) < 4.78 is 7.32. The summed E-state index contributed by atoms with van der Waals surface area (Å²) >= 11 is 6.42. The molecule has 2 N–H and O–H groups in total. The Morgan fingerprint density at radius 3 is 2.70 bits per heavy atom. The second-order valence-corrected chi connectivity index (χ2v) is 7.25. The molecule has 0 saturated heterocycles. The van der Waals surface area contributed by atoms with Crippen LogP contribution in [0.3, 0.4) is 0 Å². The summed E-state index contributed by atoms with van der Waals surface area (Å²) in [6, 6.07) is 12.3. The van der Waals surface area contributed by atoms with Crippen molar-refractivity contribution < 1.29 is 14.6 Å². The van der Waals surface area contributed by atoms with Crippen molar-refractivity contribution in [1.82, 2.24) is 19.7 Å². The molecule has 2 aromatic heterocycles. The minimum absolute atomic E-state index is 0.149. The van der Waals surface area contributed by atoms with Crippen LogP contribution in [0.1, 0.15) is 21.6 Å². The van der Waals surface area contributed by atoms with Crippen molar-refractivity contribution in [3.63, 3.8) is 0 Å². The van der Waals surface area contributed by atoms with Gasteiger partial charge >= 0.3 is 5.97 Å². The SMILES string of the molecule is COc1cc(C(=O)O)ccc1-c1cc(-c2ncn(-c3c(C)cccc3Cl)c2C)[nH]n1. The lowest BCUT2D eigenvalue weighted by Gasteiger charge is -2.11. The first-order valence-electron chi connectivity index (χ1n) is 9.17. The zero-order valence-corrected chi connectivity index (χ0v) is 17.4. The number of para-hydroxylation sites is 1. The molecule has 152 valence electrons. The Morgan fingerprint density at radius 2 is 2.00 bits per heavy atom. The molecule has 0 fully saturated rings. The lowest BCUT2D eigenvalue weighted by Crippen LogP contribution is -1.99. The Hall–Kier alpha value is -3.58. The standard InChI is InChI=1S/C22H19ClN4O3/c1-12-5-4-6-16(23)21(12)27-11-24-20(13(27)2)18-10-17(25-26-18)15-8-7-14(22(28)29)9-19(15)30-3/h4-11H,1-3H3,(H,25,26)(H,28,29). The number of H-pyrrole nitrogens is 1. The van der Waals surface area contributed by atoms with E-state index in [1.54, 1.807) is 12.4 Å². The maximum Gasteiger partial charge on any atom is 0.335 e. The summed E-state index contributed by atoms with van der Waals surface area (Å²) in [7, 11) is 1.50. The van der Waals surface area contributed by atoms with Gasteiger partial charge in [-0.05, 0) is 49.7 Å². The zero-order chi connectivity index (χ0) is 21.4. The topological polar surface area (TPSA) is 93.0 Å². The van der Waals surface area contributed by atoms with Gasteiger partial charge < -0.3 is 14.4 Å². The maximum absolute atomic E-state index is 11.2. The van der Waals surface area contributed by atoms with Crippen molar-refractivity contribution >= 4 is 17.6 Å². The number of carboxylic acid groups (broad SMARTS) is 1. The van der Waals surface area contributed by atoms with Gasteiger partial charge in [-0.25, -0.2) is 9.78 Å². The van der Waals surface area contributed by atoms with Crippen LogP contribution in [0.5, 0.6) is 5.75 Å². The van der Waals surface area contributed by atoms with Crippen molar-refractivity contribution in [2.24, 2.45) is 0 Å². The highest BCUT2D eigenvalue weighted by Gasteiger charge is 2.18. The number of aromatic nitrogens is 4. The molecule has 30 heavy (non-hydrogen) atoms. The van der Waals surface area contributed by atoms with Crippen LogP contribution in [-0.2, 0) is 0 Å². The molecular weight excluding hydrogens is 404 g/mol. The molecule has 0 aliphatic carbocycles. The van der Waals surface area contributed by atoms with Gasteiger partial charge in [0.05, 0.1) is 34.8 Å². The van der Waals surface area contributed by atoms with Gasteiger partial charge in [0.15, 0.2) is 0 Å². The summed E-state index contributed by atoms with van der Waals surface area (Å²) in [5, 5.41) is 17.2. The molecule has 0 atom stereocenters. The third kappa shape index (κ3) is 3.33. The number of imidazole rings is 1. The summed E-state index contributed by atoms with van der Waals surface area (Å²) in [4.78, 5) is 15.8. The number of rotatable bonds is 5. The maximum atomic E-state index is 11.2. The lowest BCUT2D eigenvalue weighted by atomic mass is 10.1. The molecular formula is C22H19ClN4O3. The van der Waals surface area contributed by atoms with Crippen molar-refractivity contribution in [2.45, 2.75) is 13.8 Å². The first-order chi connectivity index (χ1) is 14.4. The number of halogens is 1. The quantitative estimate of drug-likeness (QED) is 0.476. The minimum Gasteiger partial charge on any atom is -0.496 e. The third-order valence-corrected chi connectivity index (χ3v) is 5.30. The molecule has 0 bridgehead atoms. The van der Waals surface area contributed by atoms with Crippen molar-refractivity contribution in [2.75, 3.05) is 7.11 Å². The Kier molecular flexibility index (Phi) is 5.05. The van der Waals surface area contributed by atoms with E-state index in [1.165, 1.54) is 19.2 Å². The second-order valence-electron chi connectivity index (χ2n) is 6.84. The van der Waals surface area contributed by atoms with E-state index in [1.807, 2.05) is 42.7 Å². The predicted octanol–water partition coefficient (Wildman–Crippen LogP) is 4.91. The summed E-state index contributed by atoms with van der Waals surface area (Å²) in [6.45, 7) is 3.97. The number of carboxylic acids is 1. The van der Waals surface area contributed by atoms with Crippen molar-refractivity contribution in [1.29, 1.82) is 0 Å². The number of aromatic amines is 1. The van der Waals surface area contributed by atoms with Gasteiger partial charge in [-0.15, -0.1) is 0 Å². The van der Waals surface area contributed by atoms with Gasteiger partial charge in [0.25, 0.3) is 0 Å². The third-order valence-electron chi connectivity index (χ3n) is 4.99. The van der Waals surface area contributed by atoms with E-state index in [-0.39, 0.29) is 5.56 Å². The van der Waals surface area contributed by atoms with Crippen LogP contribution in [0, 0.1) is 13.8 Å². The largest absolute Gasteiger partial charge is 0.496 e. The number of hydrogen-bond donors (Lipinski definition) is 2. The Bertz CT molecular complexity index is 1240. The van der Waals surface area contributed by atoms with Gasteiger partial charge in [-0.3, -0.25) is 5.10 Å². The van der Waals surface area contributed by atoms with E-state index in [2.05, 4.69) is 15.2 Å². The lowest BCUT2D eigenvalue weighted by molar-refractivity contribution is 0.0696. The van der Waals surface area contributed by atoms with Crippen molar-refractivity contribution in [3.8, 4) is 34.1 Å². The fourth-order valence-corrected chi connectivity index (χ4v) is 3.76. The highest BCUT2D eigenvalue weighted by atomic mass is 35.5. The molecule has 7 nitrogen and oxygen atoms in total. The number of methoxy groups -OCH3 is 1. The normalized spacial score (nSPS) is 10.9. The van der Waals surface area contributed by atoms with E-state index in [4.69, 9.17) is 16.3 Å². The highest BCUT2D eigenvalue weighted by Crippen LogP contribution is 2.33. The summed E-state index contributed by atoms with van der Waals surface area (Å²) in [5.41, 5.74) is 5.78. The van der Waals surface area contributed by atoms with Crippen molar-refractivity contribution in [3.05, 3.63) is 70.6 Å². The smallest absolute Gasteiger partial charge is 0.335 e. The summed E-state index contributed by atoms with van der Waals surface area (Å²) in [6.07, 6.45) is 1.74. The second kappa shape index (κ2) is 7.68. The number of nitrogens with one attached hydrogen (secondary N) is 1. The molecule has 0 aliphatic rings. The van der Waals surface area contributed by atoms with Gasteiger partial charge in [0.2, 0.25) is 0 Å². The van der Waals surface area contributed by atoms with Crippen LogP contribution in [0.4, 0.5) is 0 Å². The van der Waals surface area contributed by atoms with Gasteiger partial charge in [-0.1, -0.05) is 23.7 Å². The molecule has 4 rings (SSSR count). The highest BCUT2D eigenvalue weighted by molar-refractivity contribution is 6.32. The minimum atomic E-state index is -1.02. The molecule has 8 heteroatoms. The monoisotopic (exact) mass is 422 g/mol. The van der Waals surface area contributed by atoms with E-state index in [0.717, 1.165) is 28.3 Å². The fourth-order valence-electron chi connectivity index (χ4n) is 3.44. The van der Waals surface area contributed by atoms with Crippen LogP contribution in [-0.4, -0.2) is 37.9 Å². The van der Waals surface area contributed by atoms with Gasteiger partial charge in [-0.2, -0.15) is 5.10 Å². The molecule has 2 aromatic carbocycles. The molecule has 0 amide bonds. The number of carbonyl (C=O) groups is 1. The molecule has 4 aromatic rings. The number of benzene rings is 2. The van der Waals surface area contributed by atoms with E-state index < -0.39 is 5.97 Å². The number of hydrogen-bond acceptors (Lipinski definition) is 4. The summed E-state index contributed by atoms with van der Waals surface area (Å²) in [5.74, 6) is -0.583. The van der Waals surface area contributed by atoms with E-state index in [0.29, 0.717) is 22.0 Å². The number of nitrogens with zero attached hydrogens (tertiary/aromatic N) is 3. The number of aromatic carboxylic acids is 1. The first-order valence-corrected chi connectivity index (χ1v) is 9.55. The Morgan fingerprint density at radius 1 is 1.20 bits per heavy atom. The molecule has 0 aliphatic heterocycles. The van der Waals surface area contributed by atoms with Gasteiger partial charge in [0.1, 0.15) is 17.8 Å². The van der Waals surface area contributed by atoms with E-state index in [9.17, 15) is 9.90 Å². The van der Waals surface area contributed by atoms with Crippen LogP contribution < -0.4 is 4.74 Å². The number of ether oxygens (including phenoxy) is 1. The van der Waals surface area contributed by atoms with Crippen LogP contribution >= 0.6 is 11.6 Å². The molecule has 0 saturated carbocycles. The van der Waals surface area contributed by atoms with Crippen LogP contribution in [0.25, 0.3) is 28.3 Å². The molecule has 0 radical (unpaired) electrons.